The predicted octanol–water partition coefficient (Wildman–Crippen LogP) is 3.77. The topological polar surface area (TPSA) is 32.7 Å². The van der Waals surface area contributed by atoms with Gasteiger partial charge in [0.05, 0.1) is 5.54 Å². The minimum absolute atomic E-state index is 0.113. The lowest BCUT2D eigenvalue weighted by Crippen LogP contribution is -2.51. The average Bonchev–Trinajstić information content (AvgIpc) is 3.36. The molecule has 0 bridgehead atoms. The molecule has 4 aliphatic carbocycles. The molecule has 120 valence electrons. The van der Waals surface area contributed by atoms with Crippen molar-refractivity contribution in [2.75, 3.05) is 0 Å². The SMILES string of the molecule is CC1(C2CC2)CC(C2CC2)=NN1C(C(=O)CC1CC1)C1CC1. The number of carbonyl (C=O) groups excluding carboxylic acids is 1. The Labute approximate surface area is 133 Å². The maximum absolute atomic E-state index is 13.0. The predicted molar refractivity (Wildman–Crippen MR) is 86.6 cm³/mol. The minimum Gasteiger partial charge on any atom is -0.297 e. The zero-order chi connectivity index (χ0) is 14.9. The molecule has 0 radical (unpaired) electrons. The molecule has 4 fully saturated rings. The summed E-state index contributed by atoms with van der Waals surface area (Å²) >= 11 is 0. The van der Waals surface area contributed by atoms with Crippen molar-refractivity contribution in [3.8, 4) is 0 Å². The minimum atomic E-state index is 0.113. The number of nitrogens with zero attached hydrogens (tertiary/aromatic N) is 2. The molecule has 3 heteroatoms. The van der Waals surface area contributed by atoms with E-state index in [-0.39, 0.29) is 11.6 Å². The third-order valence-electron chi connectivity index (χ3n) is 6.65. The lowest BCUT2D eigenvalue weighted by atomic mass is 9.86. The van der Waals surface area contributed by atoms with Gasteiger partial charge in [-0.05, 0) is 82.0 Å². The molecule has 22 heavy (non-hydrogen) atoms. The van der Waals surface area contributed by atoms with E-state index in [9.17, 15) is 4.79 Å². The number of hydrazone groups is 1. The third-order valence-corrected chi connectivity index (χ3v) is 6.65. The maximum Gasteiger partial charge on any atom is 0.157 e. The maximum atomic E-state index is 13.0. The Balaban J connectivity index is 1.43. The number of carbonyl (C=O) groups is 1. The number of hydrogen-bond donors (Lipinski definition) is 0. The van der Waals surface area contributed by atoms with Crippen LogP contribution in [0.15, 0.2) is 5.10 Å². The van der Waals surface area contributed by atoms with Gasteiger partial charge < -0.3 is 0 Å². The molecule has 0 aromatic heterocycles. The van der Waals surface area contributed by atoms with Crippen molar-refractivity contribution in [3.63, 3.8) is 0 Å². The highest BCUT2D eigenvalue weighted by Gasteiger charge is 2.56. The summed E-state index contributed by atoms with van der Waals surface area (Å²) in [5.41, 5.74) is 1.59. The molecule has 2 unspecified atom stereocenters. The number of hydrogen-bond acceptors (Lipinski definition) is 3. The van der Waals surface area contributed by atoms with Crippen molar-refractivity contribution in [3.05, 3.63) is 0 Å². The Bertz CT molecular complexity index is 526. The Morgan fingerprint density at radius 1 is 1.18 bits per heavy atom. The van der Waals surface area contributed by atoms with Gasteiger partial charge in [0.15, 0.2) is 5.78 Å². The van der Waals surface area contributed by atoms with E-state index in [4.69, 9.17) is 5.10 Å². The first kappa shape index (κ1) is 13.6. The summed E-state index contributed by atoms with van der Waals surface area (Å²) in [7, 11) is 0. The fraction of sp³-hybridized carbons (Fsp3) is 0.895. The van der Waals surface area contributed by atoms with Gasteiger partial charge in [0.1, 0.15) is 6.04 Å². The van der Waals surface area contributed by atoms with Crippen LogP contribution in [0, 0.1) is 23.7 Å². The highest BCUT2D eigenvalue weighted by molar-refractivity contribution is 5.92. The second-order valence-electron chi connectivity index (χ2n) is 8.91. The molecule has 5 rings (SSSR count). The third kappa shape index (κ3) is 2.32. The average molecular weight is 300 g/mol. The lowest BCUT2D eigenvalue weighted by molar-refractivity contribution is -0.128. The smallest absolute Gasteiger partial charge is 0.157 e. The standard InChI is InChI=1S/C19H28N2O/c1-19(15-8-9-15)11-16(13-4-5-13)20-21(19)18(14-6-7-14)17(22)10-12-2-3-12/h12-15,18H,2-11H2,1H3. The molecule has 0 aromatic carbocycles. The molecule has 0 amide bonds. The molecule has 0 aromatic rings. The van der Waals surface area contributed by atoms with Crippen LogP contribution in [0.2, 0.25) is 0 Å². The van der Waals surface area contributed by atoms with Gasteiger partial charge in [-0.25, -0.2) is 0 Å². The molecule has 0 N–H and O–H groups in total. The summed E-state index contributed by atoms with van der Waals surface area (Å²) in [6, 6.07) is 0.113. The molecule has 1 aliphatic heterocycles. The molecule has 5 aliphatic rings. The van der Waals surface area contributed by atoms with Crippen LogP contribution in [-0.2, 0) is 4.79 Å². The van der Waals surface area contributed by atoms with Gasteiger partial charge in [0, 0.05) is 18.6 Å². The van der Waals surface area contributed by atoms with Crippen LogP contribution in [0.1, 0.15) is 71.1 Å². The summed E-state index contributed by atoms with van der Waals surface area (Å²) < 4.78 is 0. The molecule has 3 nitrogen and oxygen atoms in total. The number of rotatable bonds is 7. The number of Topliss-reactive ketones (excluding diaryl/α,β-unsaturated/α-hetero) is 1. The van der Waals surface area contributed by atoms with Gasteiger partial charge in [-0.2, -0.15) is 5.10 Å². The first-order valence-electron chi connectivity index (χ1n) is 9.54. The van der Waals surface area contributed by atoms with E-state index in [1.807, 2.05) is 0 Å². The molecule has 2 atom stereocenters. The monoisotopic (exact) mass is 300 g/mol. The highest BCUT2D eigenvalue weighted by atomic mass is 16.1. The first-order valence-corrected chi connectivity index (χ1v) is 9.54. The highest BCUT2D eigenvalue weighted by Crippen LogP contribution is 2.53. The van der Waals surface area contributed by atoms with Crippen molar-refractivity contribution in [1.82, 2.24) is 5.01 Å². The van der Waals surface area contributed by atoms with Crippen LogP contribution >= 0.6 is 0 Å². The van der Waals surface area contributed by atoms with Crippen LogP contribution in [-0.4, -0.2) is 28.1 Å². The summed E-state index contributed by atoms with van der Waals surface area (Å²) in [6.07, 6.45) is 12.4. The van der Waals surface area contributed by atoms with Crippen molar-refractivity contribution in [2.24, 2.45) is 28.8 Å². The fourth-order valence-corrected chi connectivity index (χ4v) is 4.53. The van der Waals surface area contributed by atoms with Gasteiger partial charge >= 0.3 is 0 Å². The first-order chi connectivity index (χ1) is 10.6. The van der Waals surface area contributed by atoms with E-state index in [1.54, 1.807) is 0 Å². The molecule has 1 heterocycles. The summed E-state index contributed by atoms with van der Waals surface area (Å²) in [6.45, 7) is 2.41. The van der Waals surface area contributed by atoms with Crippen molar-refractivity contribution >= 4 is 11.5 Å². The van der Waals surface area contributed by atoms with Crippen LogP contribution in [0.3, 0.4) is 0 Å². The Hall–Kier alpha value is -0.860. The van der Waals surface area contributed by atoms with Crippen molar-refractivity contribution in [1.29, 1.82) is 0 Å². The van der Waals surface area contributed by atoms with Crippen LogP contribution in [0.4, 0.5) is 0 Å². The molecular formula is C19H28N2O. The van der Waals surface area contributed by atoms with E-state index < -0.39 is 0 Å². The second-order valence-corrected chi connectivity index (χ2v) is 8.91. The Morgan fingerprint density at radius 2 is 1.91 bits per heavy atom. The van der Waals surface area contributed by atoms with Gasteiger partial charge in [-0.1, -0.05) is 0 Å². The van der Waals surface area contributed by atoms with E-state index in [2.05, 4.69) is 11.9 Å². The zero-order valence-corrected chi connectivity index (χ0v) is 13.8. The van der Waals surface area contributed by atoms with Gasteiger partial charge in [-0.15, -0.1) is 0 Å². The van der Waals surface area contributed by atoms with Crippen LogP contribution in [0.5, 0.6) is 0 Å². The van der Waals surface area contributed by atoms with Crippen LogP contribution in [0.25, 0.3) is 0 Å². The van der Waals surface area contributed by atoms with Gasteiger partial charge in [-0.3, -0.25) is 9.80 Å². The molecule has 0 spiro atoms. The summed E-state index contributed by atoms with van der Waals surface area (Å²) in [5.74, 6) is 3.35. The number of ketones is 1. The van der Waals surface area contributed by atoms with E-state index >= 15 is 0 Å². The normalized spacial score (nSPS) is 36.4. The van der Waals surface area contributed by atoms with Gasteiger partial charge in [0.2, 0.25) is 0 Å². The van der Waals surface area contributed by atoms with E-state index in [0.717, 1.165) is 24.7 Å². The van der Waals surface area contributed by atoms with E-state index in [1.165, 1.54) is 57.1 Å². The van der Waals surface area contributed by atoms with Crippen molar-refractivity contribution in [2.45, 2.75) is 82.7 Å². The Kier molecular flexibility index (Phi) is 2.82. The molecule has 4 saturated carbocycles. The lowest BCUT2D eigenvalue weighted by Gasteiger charge is -2.40. The second kappa shape index (κ2) is 4.58. The Morgan fingerprint density at radius 3 is 2.45 bits per heavy atom. The molecular weight excluding hydrogens is 272 g/mol. The van der Waals surface area contributed by atoms with Crippen molar-refractivity contribution < 1.29 is 4.79 Å². The molecule has 0 saturated heterocycles. The fourth-order valence-electron chi connectivity index (χ4n) is 4.53. The van der Waals surface area contributed by atoms with Gasteiger partial charge in [0.25, 0.3) is 0 Å². The quantitative estimate of drug-likeness (QED) is 0.717. The van der Waals surface area contributed by atoms with E-state index in [0.29, 0.717) is 17.6 Å². The van der Waals surface area contributed by atoms with Crippen LogP contribution < -0.4 is 0 Å². The summed E-state index contributed by atoms with van der Waals surface area (Å²) in [5, 5.41) is 7.47. The zero-order valence-electron chi connectivity index (χ0n) is 13.8. The largest absolute Gasteiger partial charge is 0.297 e. The summed E-state index contributed by atoms with van der Waals surface area (Å²) in [4.78, 5) is 13.0.